The van der Waals surface area contributed by atoms with Crippen LogP contribution in [0.1, 0.15) is 31.2 Å². The largest absolute Gasteiger partial charge is 0.396 e. The van der Waals surface area contributed by atoms with Crippen LogP contribution in [0.5, 0.6) is 0 Å². The Morgan fingerprint density at radius 1 is 1.53 bits per heavy atom. The normalized spacial score (nSPS) is 12.7. The fourth-order valence-corrected chi connectivity index (χ4v) is 1.54. The molecule has 0 aromatic carbocycles. The highest BCUT2D eigenvalue weighted by Gasteiger charge is 2.22. The summed E-state index contributed by atoms with van der Waals surface area (Å²) in [6.07, 6.45) is -2.36. The zero-order valence-electron chi connectivity index (χ0n) is 9.48. The van der Waals surface area contributed by atoms with Crippen LogP contribution in [-0.4, -0.2) is 26.7 Å². The van der Waals surface area contributed by atoms with Crippen molar-refractivity contribution in [3.63, 3.8) is 0 Å². The Kier molecular flexibility index (Phi) is 4.97. The molecule has 0 aliphatic carbocycles. The van der Waals surface area contributed by atoms with E-state index in [4.69, 9.17) is 10.4 Å². The molecule has 0 fully saturated rings. The zero-order valence-corrected chi connectivity index (χ0v) is 9.48. The van der Waals surface area contributed by atoms with E-state index in [-0.39, 0.29) is 36.9 Å². The summed E-state index contributed by atoms with van der Waals surface area (Å²) in [5, 5.41) is 24.5. The lowest BCUT2D eigenvalue weighted by molar-refractivity contribution is 0.135. The number of alkyl halides is 2. The number of nitrogens with zero attached hydrogens (tertiary/aromatic N) is 4. The monoisotopic (exact) mass is 244 g/mol. The zero-order chi connectivity index (χ0) is 12.8. The molecule has 0 saturated heterocycles. The molecule has 1 rings (SSSR count). The molecule has 0 saturated carbocycles. The van der Waals surface area contributed by atoms with Crippen LogP contribution in [0, 0.1) is 17.2 Å². The highest BCUT2D eigenvalue weighted by Crippen LogP contribution is 2.22. The molecule has 0 aliphatic heterocycles. The van der Waals surface area contributed by atoms with Gasteiger partial charge in [0, 0.05) is 13.2 Å². The molecule has 1 N–H and O–H groups in total. The molecule has 1 unspecified atom stereocenters. The smallest absolute Gasteiger partial charge is 0.281 e. The van der Waals surface area contributed by atoms with Gasteiger partial charge in [-0.15, -0.1) is 5.10 Å². The Labute approximate surface area is 97.7 Å². The first-order valence-corrected chi connectivity index (χ1v) is 5.28. The second-order valence-electron chi connectivity index (χ2n) is 3.86. The van der Waals surface area contributed by atoms with Crippen LogP contribution in [0.3, 0.4) is 0 Å². The van der Waals surface area contributed by atoms with Gasteiger partial charge in [-0.2, -0.15) is 5.26 Å². The summed E-state index contributed by atoms with van der Waals surface area (Å²) in [7, 11) is 0. The van der Waals surface area contributed by atoms with E-state index in [9.17, 15) is 8.78 Å². The maximum Gasteiger partial charge on any atom is 0.281 e. The van der Waals surface area contributed by atoms with Crippen molar-refractivity contribution in [3.8, 4) is 6.07 Å². The lowest BCUT2D eigenvalue weighted by atomic mass is 10.1. The van der Waals surface area contributed by atoms with Crippen LogP contribution in [0.25, 0.3) is 0 Å². The maximum absolute atomic E-state index is 12.8. The Morgan fingerprint density at radius 3 is 2.76 bits per heavy atom. The van der Waals surface area contributed by atoms with Crippen LogP contribution in [-0.2, 0) is 13.0 Å². The van der Waals surface area contributed by atoms with Gasteiger partial charge < -0.3 is 5.11 Å². The molecule has 1 heterocycles. The van der Waals surface area contributed by atoms with Crippen LogP contribution in [0.4, 0.5) is 8.78 Å². The number of aliphatic hydroxyl groups is 1. The number of nitriles is 1. The molecule has 7 heteroatoms. The first kappa shape index (κ1) is 13.5. The van der Waals surface area contributed by atoms with Crippen LogP contribution in [0.2, 0.25) is 0 Å². The summed E-state index contributed by atoms with van der Waals surface area (Å²) in [6.45, 7) is 2.10. The van der Waals surface area contributed by atoms with Gasteiger partial charge in [0.2, 0.25) is 0 Å². The molecular formula is C10H14F2N4O. The van der Waals surface area contributed by atoms with Crippen molar-refractivity contribution in [2.45, 2.75) is 32.7 Å². The first-order valence-electron chi connectivity index (χ1n) is 5.28. The predicted octanol–water partition coefficient (Wildman–Crippen LogP) is 1.30. The lowest BCUT2D eigenvalue weighted by Gasteiger charge is -2.11. The molecule has 94 valence electrons. The van der Waals surface area contributed by atoms with Gasteiger partial charge in [0.25, 0.3) is 6.43 Å². The van der Waals surface area contributed by atoms with Crippen molar-refractivity contribution >= 4 is 0 Å². The Bertz CT molecular complexity index is 400. The van der Waals surface area contributed by atoms with Crippen molar-refractivity contribution in [2.75, 3.05) is 6.61 Å². The second kappa shape index (κ2) is 6.25. The van der Waals surface area contributed by atoms with E-state index in [1.165, 1.54) is 0 Å². The third kappa shape index (κ3) is 3.46. The lowest BCUT2D eigenvalue weighted by Crippen LogP contribution is -2.14. The van der Waals surface area contributed by atoms with Crippen molar-refractivity contribution in [1.29, 1.82) is 5.26 Å². The summed E-state index contributed by atoms with van der Waals surface area (Å²) in [4.78, 5) is 0. The fourth-order valence-electron chi connectivity index (χ4n) is 1.54. The minimum absolute atomic E-state index is 0.00489. The van der Waals surface area contributed by atoms with Gasteiger partial charge in [-0.25, -0.2) is 13.5 Å². The Morgan fingerprint density at radius 2 is 2.24 bits per heavy atom. The summed E-state index contributed by atoms with van der Waals surface area (Å²) < 4.78 is 26.8. The summed E-state index contributed by atoms with van der Waals surface area (Å²) in [5.41, 5.74) is -0.268. The highest BCUT2D eigenvalue weighted by atomic mass is 19.3. The first-order chi connectivity index (χ1) is 8.10. The van der Waals surface area contributed by atoms with E-state index in [1.807, 2.05) is 6.92 Å². The molecule has 0 spiro atoms. The molecule has 1 atom stereocenters. The van der Waals surface area contributed by atoms with Crippen molar-refractivity contribution < 1.29 is 13.9 Å². The number of halogens is 2. The standard InChI is InChI=1S/C10H14F2N4O/c1-7(3-5-17)6-16-9(10(11)12)8(2-4-13)14-15-16/h7,10,17H,2-3,5-6H2,1H3. The third-order valence-electron chi connectivity index (χ3n) is 2.41. The quantitative estimate of drug-likeness (QED) is 0.818. The molecule has 1 aromatic heterocycles. The van der Waals surface area contributed by atoms with Crippen molar-refractivity contribution in [1.82, 2.24) is 15.0 Å². The Balaban J connectivity index is 2.88. The van der Waals surface area contributed by atoms with Gasteiger partial charge in [0.1, 0.15) is 11.4 Å². The van der Waals surface area contributed by atoms with E-state index in [0.717, 1.165) is 4.68 Å². The van der Waals surface area contributed by atoms with E-state index in [0.29, 0.717) is 6.42 Å². The SMILES string of the molecule is CC(CCO)Cn1nnc(CC#N)c1C(F)F. The fraction of sp³-hybridized carbons (Fsp3) is 0.700. The molecule has 17 heavy (non-hydrogen) atoms. The topological polar surface area (TPSA) is 74.7 Å². The number of hydrogen-bond acceptors (Lipinski definition) is 4. The maximum atomic E-state index is 12.8. The van der Waals surface area contributed by atoms with Gasteiger partial charge in [-0.05, 0) is 12.3 Å². The molecule has 5 nitrogen and oxygen atoms in total. The van der Waals surface area contributed by atoms with Crippen molar-refractivity contribution in [2.24, 2.45) is 5.92 Å². The van der Waals surface area contributed by atoms with Gasteiger partial charge in [-0.3, -0.25) is 0 Å². The number of aliphatic hydroxyl groups excluding tert-OH is 1. The van der Waals surface area contributed by atoms with E-state index < -0.39 is 6.43 Å². The van der Waals surface area contributed by atoms with Gasteiger partial charge in [0.15, 0.2) is 0 Å². The van der Waals surface area contributed by atoms with E-state index in [2.05, 4.69) is 10.3 Å². The molecule has 0 bridgehead atoms. The van der Waals surface area contributed by atoms with Crippen LogP contribution >= 0.6 is 0 Å². The van der Waals surface area contributed by atoms with Gasteiger partial charge in [-0.1, -0.05) is 12.1 Å². The summed E-state index contributed by atoms with van der Waals surface area (Å²) >= 11 is 0. The number of aromatic nitrogens is 3. The van der Waals surface area contributed by atoms with E-state index in [1.54, 1.807) is 6.07 Å². The highest BCUT2D eigenvalue weighted by molar-refractivity contribution is 5.15. The minimum atomic E-state index is -2.70. The van der Waals surface area contributed by atoms with Crippen LogP contribution < -0.4 is 0 Å². The summed E-state index contributed by atoms with van der Waals surface area (Å²) in [5.74, 6) is 0.0223. The molecule has 0 aliphatic rings. The van der Waals surface area contributed by atoms with E-state index >= 15 is 0 Å². The van der Waals surface area contributed by atoms with Gasteiger partial charge in [0.05, 0.1) is 12.5 Å². The second-order valence-corrected chi connectivity index (χ2v) is 3.86. The van der Waals surface area contributed by atoms with Crippen LogP contribution in [0.15, 0.2) is 0 Å². The molecule has 0 radical (unpaired) electrons. The number of hydrogen-bond donors (Lipinski definition) is 1. The number of rotatable bonds is 6. The minimum Gasteiger partial charge on any atom is -0.396 e. The molecule has 0 amide bonds. The average Bonchev–Trinajstić information content (AvgIpc) is 2.62. The molecular weight excluding hydrogens is 230 g/mol. The third-order valence-corrected chi connectivity index (χ3v) is 2.41. The predicted molar refractivity (Wildman–Crippen MR) is 55.2 cm³/mol. The van der Waals surface area contributed by atoms with Crippen molar-refractivity contribution in [3.05, 3.63) is 11.4 Å². The summed E-state index contributed by atoms with van der Waals surface area (Å²) in [6, 6.07) is 1.78. The Hall–Kier alpha value is -1.55. The molecule has 1 aromatic rings. The average molecular weight is 244 g/mol. The van der Waals surface area contributed by atoms with Gasteiger partial charge >= 0.3 is 0 Å².